The zero-order chi connectivity index (χ0) is 21.2. The molecule has 0 saturated carbocycles. The zero-order valence-corrected chi connectivity index (χ0v) is 18.2. The van der Waals surface area contributed by atoms with Gasteiger partial charge in [0.2, 0.25) is 15.9 Å². The number of hydrogen-bond acceptors (Lipinski definition) is 6. The standard InChI is InChI=1S/C20H28N4O4S/c1-14-8-9-15(12-16(14)29(26,27)24-10-6-5-7-11-24)18(25)21-13-17-22-19(28-23-17)20(2,3)4/h8-9,12H,5-7,10-11,13H2,1-4H3,(H,21,25). The van der Waals surface area contributed by atoms with Crippen LogP contribution in [0.1, 0.15) is 67.7 Å². The molecule has 9 heteroatoms. The van der Waals surface area contributed by atoms with Crippen LogP contribution in [0.25, 0.3) is 0 Å². The van der Waals surface area contributed by atoms with Crippen LogP contribution in [0.3, 0.4) is 0 Å². The number of aromatic nitrogens is 2. The summed E-state index contributed by atoms with van der Waals surface area (Å²) in [5.41, 5.74) is 0.634. The Labute approximate surface area is 171 Å². The maximum atomic E-state index is 13.0. The minimum Gasteiger partial charge on any atom is -0.345 e. The third-order valence-corrected chi connectivity index (χ3v) is 6.94. The predicted molar refractivity (Wildman–Crippen MR) is 108 cm³/mol. The lowest BCUT2D eigenvalue weighted by molar-refractivity contribution is 0.0949. The van der Waals surface area contributed by atoms with Crippen LogP contribution in [0, 0.1) is 6.92 Å². The highest BCUT2D eigenvalue weighted by atomic mass is 32.2. The quantitative estimate of drug-likeness (QED) is 0.797. The first kappa shape index (κ1) is 21.4. The second kappa shape index (κ2) is 8.23. The van der Waals surface area contributed by atoms with E-state index in [1.165, 1.54) is 10.4 Å². The first-order valence-electron chi connectivity index (χ1n) is 9.81. The van der Waals surface area contributed by atoms with Crippen LogP contribution in [0.5, 0.6) is 0 Å². The molecule has 0 bridgehead atoms. The zero-order valence-electron chi connectivity index (χ0n) is 17.4. The number of nitrogens with zero attached hydrogens (tertiary/aromatic N) is 3. The van der Waals surface area contributed by atoms with Crippen molar-refractivity contribution in [3.63, 3.8) is 0 Å². The Morgan fingerprint density at radius 2 is 1.90 bits per heavy atom. The molecule has 0 aliphatic carbocycles. The fourth-order valence-corrected chi connectivity index (χ4v) is 4.92. The lowest BCUT2D eigenvalue weighted by atomic mass is 9.97. The molecule has 0 spiro atoms. The molecular weight excluding hydrogens is 392 g/mol. The normalized spacial score (nSPS) is 16.0. The van der Waals surface area contributed by atoms with Crippen LogP contribution in [-0.4, -0.2) is 41.9 Å². The van der Waals surface area contributed by atoms with E-state index in [4.69, 9.17) is 4.52 Å². The molecule has 1 N–H and O–H groups in total. The second-order valence-electron chi connectivity index (χ2n) is 8.39. The Morgan fingerprint density at radius 3 is 2.52 bits per heavy atom. The molecule has 1 aliphatic heterocycles. The molecule has 1 aliphatic rings. The SMILES string of the molecule is Cc1ccc(C(=O)NCc2noc(C(C)(C)C)n2)cc1S(=O)(=O)N1CCCCC1. The molecule has 0 unspecified atom stereocenters. The first-order chi connectivity index (χ1) is 13.6. The minimum atomic E-state index is -3.62. The molecule has 8 nitrogen and oxygen atoms in total. The molecule has 3 rings (SSSR count). The number of sulfonamides is 1. The van der Waals surface area contributed by atoms with Crippen LogP contribution in [0.2, 0.25) is 0 Å². The van der Waals surface area contributed by atoms with Crippen molar-refractivity contribution in [2.24, 2.45) is 0 Å². The molecule has 29 heavy (non-hydrogen) atoms. The van der Waals surface area contributed by atoms with Gasteiger partial charge in [-0.15, -0.1) is 0 Å². The molecule has 1 aromatic carbocycles. The van der Waals surface area contributed by atoms with Gasteiger partial charge in [-0.05, 0) is 37.5 Å². The van der Waals surface area contributed by atoms with E-state index in [2.05, 4.69) is 15.5 Å². The number of rotatable bonds is 5. The Balaban J connectivity index is 1.75. The fraction of sp³-hybridized carbons (Fsp3) is 0.550. The summed E-state index contributed by atoms with van der Waals surface area (Å²) in [5, 5.41) is 6.60. The summed E-state index contributed by atoms with van der Waals surface area (Å²) < 4.78 is 32.8. The highest BCUT2D eigenvalue weighted by Crippen LogP contribution is 2.24. The Kier molecular flexibility index (Phi) is 6.09. The molecule has 1 fully saturated rings. The highest BCUT2D eigenvalue weighted by molar-refractivity contribution is 7.89. The second-order valence-corrected chi connectivity index (χ2v) is 10.3. The predicted octanol–water partition coefficient (Wildman–Crippen LogP) is 2.78. The van der Waals surface area contributed by atoms with Gasteiger partial charge in [0.05, 0.1) is 11.4 Å². The number of piperidine rings is 1. The van der Waals surface area contributed by atoms with E-state index in [0.29, 0.717) is 30.4 Å². The summed E-state index contributed by atoms with van der Waals surface area (Å²) in [6.07, 6.45) is 2.76. The molecule has 0 atom stereocenters. The molecule has 1 saturated heterocycles. The average molecular weight is 421 g/mol. The van der Waals surface area contributed by atoms with Crippen LogP contribution in [-0.2, 0) is 22.0 Å². The lowest BCUT2D eigenvalue weighted by Crippen LogP contribution is -2.36. The Bertz CT molecular complexity index is 986. The number of carbonyl (C=O) groups excluding carboxylic acids is 1. The van der Waals surface area contributed by atoms with Crippen molar-refractivity contribution in [1.82, 2.24) is 19.8 Å². The van der Waals surface area contributed by atoms with Gasteiger partial charge in [-0.2, -0.15) is 9.29 Å². The molecule has 1 amide bonds. The smallest absolute Gasteiger partial charge is 0.251 e. The Morgan fingerprint density at radius 1 is 1.21 bits per heavy atom. The fourth-order valence-electron chi connectivity index (χ4n) is 3.16. The van der Waals surface area contributed by atoms with E-state index < -0.39 is 10.0 Å². The third kappa shape index (κ3) is 4.84. The van der Waals surface area contributed by atoms with E-state index in [0.717, 1.165) is 19.3 Å². The van der Waals surface area contributed by atoms with Gasteiger partial charge in [-0.25, -0.2) is 8.42 Å². The number of nitrogens with one attached hydrogen (secondary N) is 1. The number of hydrogen-bond donors (Lipinski definition) is 1. The summed E-state index contributed by atoms with van der Waals surface area (Å²) >= 11 is 0. The number of carbonyl (C=O) groups is 1. The van der Waals surface area contributed by atoms with Gasteiger partial charge in [0, 0.05) is 24.1 Å². The van der Waals surface area contributed by atoms with Crippen molar-refractivity contribution in [2.45, 2.75) is 63.8 Å². The summed E-state index contributed by atoms with van der Waals surface area (Å²) in [6, 6.07) is 4.74. The summed E-state index contributed by atoms with van der Waals surface area (Å²) in [7, 11) is -3.62. The van der Waals surface area contributed by atoms with E-state index in [-0.39, 0.29) is 28.3 Å². The van der Waals surface area contributed by atoms with Crippen molar-refractivity contribution in [2.75, 3.05) is 13.1 Å². The van der Waals surface area contributed by atoms with Gasteiger partial charge < -0.3 is 9.84 Å². The third-order valence-electron chi connectivity index (χ3n) is 4.90. The molecule has 1 aromatic heterocycles. The van der Waals surface area contributed by atoms with Crippen LogP contribution < -0.4 is 5.32 Å². The Hall–Kier alpha value is -2.26. The van der Waals surface area contributed by atoms with Gasteiger partial charge in [-0.3, -0.25) is 4.79 Å². The first-order valence-corrected chi connectivity index (χ1v) is 11.2. The van der Waals surface area contributed by atoms with Crippen LogP contribution >= 0.6 is 0 Å². The van der Waals surface area contributed by atoms with Gasteiger partial charge in [0.25, 0.3) is 5.91 Å². The van der Waals surface area contributed by atoms with Crippen molar-refractivity contribution in [3.05, 3.63) is 41.0 Å². The van der Waals surface area contributed by atoms with Crippen LogP contribution in [0.4, 0.5) is 0 Å². The summed E-state index contributed by atoms with van der Waals surface area (Å²) in [5.74, 6) is 0.478. The van der Waals surface area contributed by atoms with E-state index in [1.807, 2.05) is 20.8 Å². The van der Waals surface area contributed by atoms with Gasteiger partial charge in [0.1, 0.15) is 0 Å². The maximum absolute atomic E-state index is 13.0. The van der Waals surface area contributed by atoms with Crippen molar-refractivity contribution in [1.29, 1.82) is 0 Å². The highest BCUT2D eigenvalue weighted by Gasteiger charge is 2.28. The van der Waals surface area contributed by atoms with Crippen molar-refractivity contribution >= 4 is 15.9 Å². The molecule has 2 aromatic rings. The lowest BCUT2D eigenvalue weighted by Gasteiger charge is -2.26. The summed E-state index contributed by atoms with van der Waals surface area (Å²) in [6.45, 7) is 8.75. The number of aryl methyl sites for hydroxylation is 1. The topological polar surface area (TPSA) is 105 Å². The number of amides is 1. The maximum Gasteiger partial charge on any atom is 0.251 e. The van der Waals surface area contributed by atoms with E-state index in [1.54, 1.807) is 19.1 Å². The minimum absolute atomic E-state index is 0.0977. The largest absolute Gasteiger partial charge is 0.345 e. The van der Waals surface area contributed by atoms with Crippen molar-refractivity contribution in [3.8, 4) is 0 Å². The molecule has 2 heterocycles. The summed E-state index contributed by atoms with van der Waals surface area (Å²) in [4.78, 5) is 17.0. The molecule has 158 valence electrons. The van der Waals surface area contributed by atoms with E-state index in [9.17, 15) is 13.2 Å². The molecule has 0 radical (unpaired) electrons. The molecular formula is C20H28N4O4S. The van der Waals surface area contributed by atoms with Gasteiger partial charge in [-0.1, -0.05) is 38.4 Å². The van der Waals surface area contributed by atoms with Crippen molar-refractivity contribution < 1.29 is 17.7 Å². The van der Waals surface area contributed by atoms with E-state index >= 15 is 0 Å². The monoisotopic (exact) mass is 420 g/mol. The average Bonchev–Trinajstić information content (AvgIpc) is 3.16. The van der Waals surface area contributed by atoms with Crippen LogP contribution in [0.15, 0.2) is 27.6 Å². The van der Waals surface area contributed by atoms with Gasteiger partial charge >= 0.3 is 0 Å². The van der Waals surface area contributed by atoms with Gasteiger partial charge in [0.15, 0.2) is 5.82 Å². The number of benzene rings is 1.